The number of phenols is 1. The predicted molar refractivity (Wildman–Crippen MR) is 203 cm³/mol. The number of carbonyl (C=O) groups excluding carboxylic acids is 4. The van der Waals surface area contributed by atoms with Gasteiger partial charge in [-0.05, 0) is 67.5 Å². The summed E-state index contributed by atoms with van der Waals surface area (Å²) in [5, 5.41) is 30.6. The summed E-state index contributed by atoms with van der Waals surface area (Å²) in [6.45, 7) is 0.735. The van der Waals surface area contributed by atoms with Gasteiger partial charge in [0.05, 0.1) is 5.02 Å². The molecule has 16 nitrogen and oxygen atoms in total. The number of amides is 4. The van der Waals surface area contributed by atoms with Gasteiger partial charge in [-0.1, -0.05) is 16.8 Å². The summed E-state index contributed by atoms with van der Waals surface area (Å²) >= 11 is 8.33. The maximum Gasteiger partial charge on any atom is 0.352 e. The van der Waals surface area contributed by atoms with Crippen molar-refractivity contribution < 1.29 is 43.6 Å². The highest BCUT2D eigenvalue weighted by molar-refractivity contribution is 8.00. The van der Waals surface area contributed by atoms with Crippen molar-refractivity contribution in [1.82, 2.24) is 20.1 Å². The number of hydrogen-bond acceptors (Lipinski definition) is 12. The van der Waals surface area contributed by atoms with E-state index in [-0.39, 0.29) is 63.2 Å². The zero-order valence-corrected chi connectivity index (χ0v) is 31.5. The molecule has 2 saturated heterocycles. The van der Waals surface area contributed by atoms with Crippen LogP contribution >= 0.6 is 34.7 Å². The maximum atomic E-state index is 13.4. The molecule has 1 aromatic carbocycles. The molecular weight excluding hydrogens is 772 g/mol. The van der Waals surface area contributed by atoms with E-state index in [1.807, 2.05) is 0 Å². The number of pyridine rings is 1. The minimum Gasteiger partial charge on any atom is -0.506 e. The fourth-order valence-corrected chi connectivity index (χ4v) is 8.75. The van der Waals surface area contributed by atoms with Crippen molar-refractivity contribution in [2.75, 3.05) is 23.3 Å². The molecule has 2 atom stereocenters. The van der Waals surface area contributed by atoms with E-state index in [1.54, 1.807) is 45.4 Å². The Bertz CT molecular complexity index is 2150. The molecule has 5 heterocycles. The number of nitrogens with zero attached hydrogens (tertiary/aromatic N) is 5. The molecule has 0 radical (unpaired) electrons. The minimum atomic E-state index is -1.32. The molecule has 7 rings (SSSR count). The minimum absolute atomic E-state index is 0.0214. The molecule has 1 saturated carbocycles. The smallest absolute Gasteiger partial charge is 0.352 e. The first-order valence-electron chi connectivity index (χ1n) is 17.4. The molecular formula is C36H36ClN8O8S2+. The average molecular weight is 808 g/mol. The van der Waals surface area contributed by atoms with Crippen molar-refractivity contribution in [3.8, 4) is 5.75 Å². The van der Waals surface area contributed by atoms with E-state index in [4.69, 9.17) is 22.2 Å². The summed E-state index contributed by atoms with van der Waals surface area (Å²) in [5.41, 5.74) is 7.69. The van der Waals surface area contributed by atoms with Gasteiger partial charge < -0.3 is 36.3 Å². The number of aromatic hydroxyl groups is 1. The van der Waals surface area contributed by atoms with E-state index in [9.17, 15) is 34.2 Å². The molecule has 3 fully saturated rings. The Morgan fingerprint density at radius 3 is 2.62 bits per heavy atom. The Kier molecular flexibility index (Phi) is 11.1. The van der Waals surface area contributed by atoms with Gasteiger partial charge in [0.25, 0.3) is 17.7 Å². The predicted octanol–water partition coefficient (Wildman–Crippen LogP) is 2.77. The molecule has 1 aliphatic carbocycles. The third-order valence-electron chi connectivity index (χ3n) is 9.51. The van der Waals surface area contributed by atoms with Crippen molar-refractivity contribution in [2.45, 2.75) is 62.7 Å². The molecule has 3 aliphatic heterocycles. The zero-order valence-electron chi connectivity index (χ0n) is 29.1. The van der Waals surface area contributed by atoms with Crippen molar-refractivity contribution in [3.05, 3.63) is 87.3 Å². The van der Waals surface area contributed by atoms with Gasteiger partial charge >= 0.3 is 5.97 Å². The summed E-state index contributed by atoms with van der Waals surface area (Å²) in [4.78, 5) is 78.0. The lowest BCUT2D eigenvalue weighted by Gasteiger charge is -2.49. The number of carbonyl (C=O) groups is 5. The Labute approximate surface area is 327 Å². The molecule has 4 amide bonds. The molecule has 4 aliphatic rings. The number of aromatic nitrogens is 2. The monoisotopic (exact) mass is 807 g/mol. The van der Waals surface area contributed by atoms with E-state index in [1.165, 1.54) is 30.0 Å². The quantitative estimate of drug-likeness (QED) is 0.0447. The van der Waals surface area contributed by atoms with Gasteiger partial charge in [0.2, 0.25) is 12.5 Å². The number of thiazole rings is 1. The Morgan fingerprint density at radius 1 is 1.16 bits per heavy atom. The number of allylic oxidation sites excluding steroid dienone is 1. The molecule has 0 bridgehead atoms. The summed E-state index contributed by atoms with van der Waals surface area (Å²) < 4.78 is 1.67. The number of phenolic OH excluding ortho intramolecular Hbond substituents is 1. The number of hydrogen-bond donors (Lipinski definition) is 5. The molecule has 0 unspecified atom stereocenters. The van der Waals surface area contributed by atoms with Crippen molar-refractivity contribution in [1.29, 1.82) is 0 Å². The second-order valence-electron chi connectivity index (χ2n) is 13.3. The molecule has 286 valence electrons. The molecule has 6 N–H and O–H groups in total. The van der Waals surface area contributed by atoms with Crippen LogP contribution in [0.2, 0.25) is 5.02 Å². The molecule has 0 spiro atoms. The van der Waals surface area contributed by atoms with Gasteiger partial charge in [0.15, 0.2) is 23.2 Å². The first-order valence-corrected chi connectivity index (χ1v) is 19.7. The lowest BCUT2D eigenvalue weighted by Crippen LogP contribution is -2.71. The van der Waals surface area contributed by atoms with Crippen molar-refractivity contribution >= 4 is 80.8 Å². The first kappa shape index (κ1) is 37.8. The van der Waals surface area contributed by atoms with Crippen molar-refractivity contribution in [3.63, 3.8) is 0 Å². The van der Waals surface area contributed by atoms with Gasteiger partial charge in [-0.25, -0.2) is 9.78 Å². The number of anilines is 2. The maximum absolute atomic E-state index is 13.4. The van der Waals surface area contributed by atoms with Gasteiger partial charge in [0, 0.05) is 47.6 Å². The number of aliphatic carboxylic acids is 1. The van der Waals surface area contributed by atoms with E-state index in [0.717, 1.165) is 47.5 Å². The number of nitrogens with one attached hydrogen (secondary N) is 2. The summed E-state index contributed by atoms with van der Waals surface area (Å²) in [6, 6.07) is 6.96. The number of nitrogen functional groups attached to an aromatic ring is 1. The van der Waals surface area contributed by atoms with E-state index in [0.29, 0.717) is 36.3 Å². The highest BCUT2D eigenvalue weighted by Gasteiger charge is 2.54. The summed E-state index contributed by atoms with van der Waals surface area (Å²) in [7, 11) is 0. The van der Waals surface area contributed by atoms with Gasteiger partial charge in [-0.15, -0.1) is 23.1 Å². The third-order valence-corrected chi connectivity index (χ3v) is 11.8. The summed E-state index contributed by atoms with van der Waals surface area (Å²) in [5.74, 6) is -3.05. The van der Waals surface area contributed by atoms with Crippen LogP contribution in [0, 0.1) is 0 Å². The second kappa shape index (κ2) is 16.1. The number of carboxylic acids is 1. The number of halogens is 1. The number of β-lactam (4-membered cyclic amide) rings is 1. The zero-order chi connectivity index (χ0) is 38.8. The van der Waals surface area contributed by atoms with Gasteiger partial charge in [-0.2, -0.15) is 4.57 Å². The van der Waals surface area contributed by atoms with Crippen LogP contribution in [0.25, 0.3) is 0 Å². The fraction of sp³-hybridized carbons (Fsp3) is 0.333. The van der Waals surface area contributed by atoms with Gasteiger partial charge in [-0.3, -0.25) is 24.1 Å². The van der Waals surface area contributed by atoms with Gasteiger partial charge in [0.1, 0.15) is 34.7 Å². The lowest BCUT2D eigenvalue weighted by molar-refractivity contribution is -0.684. The molecule has 55 heavy (non-hydrogen) atoms. The number of likely N-dealkylation sites (tertiary alicyclic amines) is 1. The number of carboxylic acid groups (broad SMARTS) is 1. The van der Waals surface area contributed by atoms with E-state index < -0.39 is 29.2 Å². The topological polar surface area (TPSA) is 221 Å². The number of oxime groups is 1. The van der Waals surface area contributed by atoms with Crippen LogP contribution in [0.4, 0.5) is 10.8 Å². The van der Waals surface area contributed by atoms with Crippen LogP contribution in [-0.4, -0.2) is 90.1 Å². The number of benzene rings is 1. The Hall–Kier alpha value is -5.46. The fourth-order valence-electron chi connectivity index (χ4n) is 6.72. The second-order valence-corrected chi connectivity index (χ2v) is 15.7. The van der Waals surface area contributed by atoms with E-state index >= 15 is 0 Å². The highest BCUT2D eigenvalue weighted by atomic mass is 35.5. The Morgan fingerprint density at radius 2 is 1.93 bits per heavy atom. The normalized spacial score (nSPS) is 20.8. The van der Waals surface area contributed by atoms with Crippen LogP contribution in [0.15, 0.2) is 76.2 Å². The van der Waals surface area contributed by atoms with Crippen LogP contribution in [0.1, 0.15) is 43.4 Å². The standard InChI is InChI=1S/C36H35ClN8O8S2/c37-24-14-22(5-6-26(24)46)39-27(47)16-43-10-7-19(8-11-43)15-44-12-9-20(32(44)49)13-21-17-54-34-29(33(50)45(34)30(21)35(51)52)41-31(48)28(25-18-55-36(38)40-25)42-53-23-3-1-2-4-23/h5-8,10-11,13-14,18,23,29,34H,1-4,9,12,15-17H2,(H5-,38,39,40,41,42,46,47,48,51,52)/p+1/b20-13+/t29-,34-/m1/s1. The third kappa shape index (κ3) is 8.30. The molecule has 2 aromatic heterocycles. The molecule has 3 aromatic rings. The summed E-state index contributed by atoms with van der Waals surface area (Å²) in [6.07, 6.45) is 8.90. The van der Waals surface area contributed by atoms with E-state index in [2.05, 4.69) is 20.8 Å². The average Bonchev–Trinajstić information content (AvgIpc) is 3.92. The first-order chi connectivity index (χ1) is 26.4. The number of rotatable bonds is 12. The highest BCUT2D eigenvalue weighted by Crippen LogP contribution is 2.41. The Balaban J connectivity index is 0.977. The largest absolute Gasteiger partial charge is 0.506 e. The van der Waals surface area contributed by atoms with Crippen LogP contribution < -0.4 is 20.9 Å². The van der Waals surface area contributed by atoms with Crippen LogP contribution in [0.3, 0.4) is 0 Å². The van der Waals surface area contributed by atoms with Crippen LogP contribution in [-0.2, 0) is 41.9 Å². The van der Waals surface area contributed by atoms with Crippen molar-refractivity contribution in [2.24, 2.45) is 5.16 Å². The number of nitrogens with two attached hydrogens (primary N) is 1. The SMILES string of the molecule is Nc1nc(/C(=N/OC2CCCC2)C(=O)N[C@@H]2C(=O)N3C(C(=O)O)=C(/C=C4\CCN(Cc5cc[n+](CC(=O)Nc6ccc(O)c(Cl)c6)cc5)C4=O)CS[C@H]23)cs1. The number of fused-ring (bicyclic) bond motifs is 1. The lowest BCUT2D eigenvalue weighted by atomic mass is 10.0. The number of thioether (sulfide) groups is 1. The molecule has 19 heteroatoms. The van der Waals surface area contributed by atoms with Crippen LogP contribution in [0.5, 0.6) is 5.75 Å².